The van der Waals surface area contributed by atoms with Gasteiger partial charge in [0, 0.05) is 22.3 Å². The number of thiophene rings is 1. The molecule has 4 N–H and O–H groups in total. The molecule has 0 fully saturated rings. The third kappa shape index (κ3) is 3.28. The number of aliphatic hydroxyl groups is 1. The summed E-state index contributed by atoms with van der Waals surface area (Å²) in [7, 11) is 0. The third-order valence-electron chi connectivity index (χ3n) is 4.92. The van der Waals surface area contributed by atoms with Crippen molar-refractivity contribution in [3.63, 3.8) is 0 Å². The van der Waals surface area contributed by atoms with Crippen molar-refractivity contribution in [2.45, 2.75) is 26.0 Å². The fourth-order valence-electron chi connectivity index (χ4n) is 3.48. The summed E-state index contributed by atoms with van der Waals surface area (Å²) in [5.41, 5.74) is 10.7. The molecule has 4 nitrogen and oxygen atoms in total. The van der Waals surface area contributed by atoms with Gasteiger partial charge < -0.3 is 15.8 Å². The van der Waals surface area contributed by atoms with Crippen LogP contribution < -0.4 is 11.3 Å². The minimum absolute atomic E-state index is 0. The molecule has 1 atom stereocenters. The maximum atomic E-state index is 12.3. The molecule has 6 heteroatoms. The van der Waals surface area contributed by atoms with Crippen molar-refractivity contribution in [2.24, 2.45) is 5.73 Å². The van der Waals surface area contributed by atoms with Crippen molar-refractivity contribution >= 4 is 44.7 Å². The summed E-state index contributed by atoms with van der Waals surface area (Å²) in [6.45, 7) is 2.00. The van der Waals surface area contributed by atoms with E-state index in [4.69, 9.17) is 5.73 Å². The summed E-state index contributed by atoms with van der Waals surface area (Å²) < 4.78 is 0.707. The Morgan fingerprint density at radius 2 is 1.89 bits per heavy atom. The Kier molecular flexibility index (Phi) is 5.67. The van der Waals surface area contributed by atoms with E-state index in [0.29, 0.717) is 4.70 Å². The number of nitrogens with two attached hydrogens (primary N) is 1. The SMILES string of the molecule is CCC(N)c1ccc(-c2c(CO)ccc3[nH]c(=O)c4sccc4c23)cc1.Cl. The van der Waals surface area contributed by atoms with Crippen molar-refractivity contribution in [3.8, 4) is 11.1 Å². The zero-order valence-electron chi connectivity index (χ0n) is 14.9. The number of halogens is 1. The molecular weight excluding hydrogens is 380 g/mol. The van der Waals surface area contributed by atoms with Gasteiger partial charge in [-0.05, 0) is 46.2 Å². The molecule has 0 aliphatic rings. The first-order chi connectivity index (χ1) is 12.6. The van der Waals surface area contributed by atoms with E-state index in [0.717, 1.165) is 45.0 Å². The molecule has 4 rings (SSSR count). The number of hydrogen-bond donors (Lipinski definition) is 3. The number of aromatic amines is 1. The summed E-state index contributed by atoms with van der Waals surface area (Å²) in [6.07, 6.45) is 0.881. The second-order valence-electron chi connectivity index (χ2n) is 6.43. The highest BCUT2D eigenvalue weighted by Crippen LogP contribution is 2.37. The minimum Gasteiger partial charge on any atom is -0.392 e. The van der Waals surface area contributed by atoms with Crippen LogP contribution in [0, 0.1) is 0 Å². The molecule has 1 unspecified atom stereocenters. The van der Waals surface area contributed by atoms with Crippen LogP contribution in [0.25, 0.3) is 32.1 Å². The number of rotatable bonds is 4. The Hall–Kier alpha value is -2.18. The minimum atomic E-state index is -0.0746. The molecule has 0 bridgehead atoms. The Morgan fingerprint density at radius 3 is 2.56 bits per heavy atom. The molecule has 0 amide bonds. The van der Waals surface area contributed by atoms with Gasteiger partial charge in [-0.3, -0.25) is 4.79 Å². The largest absolute Gasteiger partial charge is 0.392 e. The molecule has 0 aliphatic carbocycles. The third-order valence-corrected chi connectivity index (χ3v) is 5.83. The number of nitrogens with one attached hydrogen (secondary N) is 1. The van der Waals surface area contributed by atoms with Crippen LogP contribution in [0.5, 0.6) is 0 Å². The highest BCUT2D eigenvalue weighted by molar-refractivity contribution is 7.17. The van der Waals surface area contributed by atoms with E-state index in [-0.39, 0.29) is 30.6 Å². The van der Waals surface area contributed by atoms with Gasteiger partial charge in [0.05, 0.1) is 6.61 Å². The zero-order chi connectivity index (χ0) is 18.3. The predicted molar refractivity (Wildman–Crippen MR) is 116 cm³/mol. The summed E-state index contributed by atoms with van der Waals surface area (Å²) in [6, 6.07) is 13.9. The van der Waals surface area contributed by atoms with Gasteiger partial charge in [0.15, 0.2) is 0 Å². The Labute approximate surface area is 167 Å². The van der Waals surface area contributed by atoms with Crippen LogP contribution >= 0.6 is 23.7 Å². The van der Waals surface area contributed by atoms with Gasteiger partial charge in [-0.25, -0.2) is 0 Å². The molecule has 0 saturated heterocycles. The molecule has 2 heterocycles. The molecule has 140 valence electrons. The molecule has 0 spiro atoms. The lowest BCUT2D eigenvalue weighted by atomic mass is 9.92. The monoisotopic (exact) mass is 400 g/mol. The smallest absolute Gasteiger partial charge is 0.266 e. The number of aliphatic hydroxyl groups excluding tert-OH is 1. The Morgan fingerprint density at radius 1 is 1.15 bits per heavy atom. The van der Waals surface area contributed by atoms with E-state index in [1.165, 1.54) is 11.3 Å². The fraction of sp³-hybridized carbons (Fsp3) is 0.190. The maximum Gasteiger partial charge on any atom is 0.266 e. The first-order valence-corrected chi connectivity index (χ1v) is 9.53. The predicted octanol–water partition coefficient (Wildman–Crippen LogP) is 4.73. The number of aromatic nitrogens is 1. The maximum absolute atomic E-state index is 12.3. The number of H-pyrrole nitrogens is 1. The Bertz CT molecular complexity index is 1150. The van der Waals surface area contributed by atoms with Crippen LogP contribution in [0.15, 0.2) is 52.6 Å². The van der Waals surface area contributed by atoms with Crippen molar-refractivity contribution in [2.75, 3.05) is 0 Å². The van der Waals surface area contributed by atoms with Crippen LogP contribution in [0.2, 0.25) is 0 Å². The number of fused-ring (bicyclic) bond motifs is 3. The van der Waals surface area contributed by atoms with E-state index in [1.54, 1.807) is 0 Å². The lowest BCUT2D eigenvalue weighted by Gasteiger charge is -2.15. The second-order valence-corrected chi connectivity index (χ2v) is 7.35. The van der Waals surface area contributed by atoms with Gasteiger partial charge in [-0.1, -0.05) is 37.3 Å². The first-order valence-electron chi connectivity index (χ1n) is 8.66. The lowest BCUT2D eigenvalue weighted by molar-refractivity contribution is 0.282. The van der Waals surface area contributed by atoms with Gasteiger partial charge in [0.25, 0.3) is 5.56 Å². The molecule has 0 saturated carbocycles. The van der Waals surface area contributed by atoms with Crippen LogP contribution in [0.3, 0.4) is 0 Å². The second kappa shape index (κ2) is 7.82. The molecular formula is C21H21ClN2O2S. The van der Waals surface area contributed by atoms with E-state index in [9.17, 15) is 9.90 Å². The fourth-order valence-corrected chi connectivity index (χ4v) is 4.28. The summed E-state index contributed by atoms with van der Waals surface area (Å²) in [4.78, 5) is 15.3. The average molecular weight is 401 g/mol. The van der Waals surface area contributed by atoms with Gasteiger partial charge in [0.1, 0.15) is 4.70 Å². The van der Waals surface area contributed by atoms with Gasteiger partial charge in [-0.15, -0.1) is 23.7 Å². The van der Waals surface area contributed by atoms with Gasteiger partial charge >= 0.3 is 0 Å². The number of hydrogen-bond acceptors (Lipinski definition) is 4. The number of pyridine rings is 1. The molecule has 0 aliphatic heterocycles. The molecule has 2 aromatic carbocycles. The van der Waals surface area contributed by atoms with Crippen molar-refractivity contribution in [1.29, 1.82) is 0 Å². The molecule has 4 aromatic rings. The quantitative estimate of drug-likeness (QED) is 0.463. The van der Waals surface area contributed by atoms with Gasteiger partial charge in [0.2, 0.25) is 0 Å². The molecule has 27 heavy (non-hydrogen) atoms. The average Bonchev–Trinajstić information content (AvgIpc) is 3.17. The van der Waals surface area contributed by atoms with E-state index in [1.807, 2.05) is 47.8 Å². The summed E-state index contributed by atoms with van der Waals surface area (Å²) in [5, 5.41) is 13.7. The van der Waals surface area contributed by atoms with Crippen LogP contribution in [-0.4, -0.2) is 10.1 Å². The zero-order valence-corrected chi connectivity index (χ0v) is 16.5. The van der Waals surface area contributed by atoms with E-state index < -0.39 is 0 Å². The standard InChI is InChI=1S/C21H20N2O2S.ClH/c1-2-16(22)12-3-5-13(6-4-12)18-14(11-24)7-8-17-19(18)15-9-10-26-20(15)21(25)23-17;/h3-10,16,24H,2,11,22H2,1H3,(H,23,25);1H. The summed E-state index contributed by atoms with van der Waals surface area (Å²) in [5.74, 6) is 0. The lowest BCUT2D eigenvalue weighted by Crippen LogP contribution is -2.08. The highest BCUT2D eigenvalue weighted by Gasteiger charge is 2.15. The summed E-state index contributed by atoms with van der Waals surface area (Å²) >= 11 is 1.43. The molecule has 0 radical (unpaired) electrons. The first kappa shape index (κ1) is 19.6. The van der Waals surface area contributed by atoms with Gasteiger partial charge in [-0.2, -0.15) is 0 Å². The van der Waals surface area contributed by atoms with E-state index in [2.05, 4.69) is 11.9 Å². The van der Waals surface area contributed by atoms with Crippen LogP contribution in [0.4, 0.5) is 0 Å². The van der Waals surface area contributed by atoms with Crippen molar-refractivity contribution in [1.82, 2.24) is 4.98 Å². The highest BCUT2D eigenvalue weighted by atomic mass is 35.5. The van der Waals surface area contributed by atoms with Crippen molar-refractivity contribution < 1.29 is 5.11 Å². The number of benzene rings is 2. The Balaban J connectivity index is 0.00000210. The van der Waals surface area contributed by atoms with Crippen LogP contribution in [0.1, 0.15) is 30.5 Å². The molecule has 2 aromatic heterocycles. The topological polar surface area (TPSA) is 79.1 Å². The van der Waals surface area contributed by atoms with Crippen LogP contribution in [-0.2, 0) is 6.61 Å². The normalized spacial score (nSPS) is 12.3. The van der Waals surface area contributed by atoms with E-state index >= 15 is 0 Å². The van der Waals surface area contributed by atoms with Crippen molar-refractivity contribution in [3.05, 3.63) is 69.3 Å².